The highest BCUT2D eigenvalue weighted by Gasteiger charge is 2.30. The maximum Gasteiger partial charge on any atom is 0.0152 e. The average Bonchev–Trinajstić information content (AvgIpc) is 2.05. The van der Waals surface area contributed by atoms with Crippen molar-refractivity contribution < 1.29 is 0 Å². The third-order valence-corrected chi connectivity index (χ3v) is 3.47. The smallest absolute Gasteiger partial charge is 0.0152 e. The molecule has 72 valence electrons. The fourth-order valence-corrected chi connectivity index (χ4v) is 2.09. The molecule has 0 amide bonds. The first-order valence-electron chi connectivity index (χ1n) is 5.12. The molecule has 0 saturated heterocycles. The number of nitrogens with two attached hydrogens (primary N) is 2. The summed E-state index contributed by atoms with van der Waals surface area (Å²) in [5, 5.41) is 0. The van der Waals surface area contributed by atoms with Crippen molar-refractivity contribution >= 4 is 0 Å². The van der Waals surface area contributed by atoms with Gasteiger partial charge in [-0.25, -0.2) is 0 Å². The van der Waals surface area contributed by atoms with Crippen molar-refractivity contribution in [1.82, 2.24) is 0 Å². The Kier molecular flexibility index (Phi) is 3.13. The maximum absolute atomic E-state index is 6.18. The van der Waals surface area contributed by atoms with Gasteiger partial charge in [0.05, 0.1) is 0 Å². The Morgan fingerprint density at radius 2 is 1.92 bits per heavy atom. The predicted molar refractivity (Wildman–Crippen MR) is 52.8 cm³/mol. The van der Waals surface area contributed by atoms with Crippen molar-refractivity contribution in [3.8, 4) is 0 Å². The quantitative estimate of drug-likeness (QED) is 0.662. The molecule has 4 N–H and O–H groups in total. The molecule has 1 unspecified atom stereocenters. The molecule has 0 bridgehead atoms. The van der Waals surface area contributed by atoms with Gasteiger partial charge in [0.1, 0.15) is 0 Å². The fraction of sp³-hybridized carbons (Fsp3) is 1.00. The van der Waals surface area contributed by atoms with Gasteiger partial charge in [0.15, 0.2) is 0 Å². The summed E-state index contributed by atoms with van der Waals surface area (Å²) >= 11 is 0. The van der Waals surface area contributed by atoms with Crippen LogP contribution in [0.4, 0.5) is 0 Å². The molecule has 0 aromatic rings. The van der Waals surface area contributed by atoms with Crippen LogP contribution in [0.2, 0.25) is 0 Å². The van der Waals surface area contributed by atoms with E-state index in [4.69, 9.17) is 11.5 Å². The summed E-state index contributed by atoms with van der Waals surface area (Å²) in [5.74, 6) is 0.716. The number of rotatable bonds is 2. The van der Waals surface area contributed by atoms with Crippen LogP contribution in [0.3, 0.4) is 0 Å². The summed E-state index contributed by atoms with van der Waals surface area (Å²) < 4.78 is 0. The summed E-state index contributed by atoms with van der Waals surface area (Å²) in [5.41, 5.74) is 12.2. The fourth-order valence-electron chi connectivity index (χ4n) is 2.09. The van der Waals surface area contributed by atoms with Gasteiger partial charge in [-0.2, -0.15) is 0 Å². The van der Waals surface area contributed by atoms with Gasteiger partial charge in [-0.1, -0.05) is 6.92 Å². The average molecular weight is 170 g/mol. The normalized spacial score (nSPS) is 39.5. The van der Waals surface area contributed by atoms with Crippen LogP contribution in [0.5, 0.6) is 0 Å². The van der Waals surface area contributed by atoms with Gasteiger partial charge >= 0.3 is 0 Å². The molecule has 0 aliphatic heterocycles. The summed E-state index contributed by atoms with van der Waals surface area (Å²) in [6.07, 6.45) is 5.88. The molecule has 1 aliphatic carbocycles. The van der Waals surface area contributed by atoms with E-state index in [-0.39, 0.29) is 5.54 Å². The van der Waals surface area contributed by atoms with Gasteiger partial charge in [-0.15, -0.1) is 0 Å². The summed E-state index contributed by atoms with van der Waals surface area (Å²) in [6, 6.07) is 0.353. The van der Waals surface area contributed by atoms with E-state index in [0.29, 0.717) is 12.0 Å². The van der Waals surface area contributed by atoms with Gasteiger partial charge in [-0.3, -0.25) is 0 Å². The van der Waals surface area contributed by atoms with Crippen LogP contribution in [0.1, 0.15) is 46.0 Å². The number of hydrogen-bond donors (Lipinski definition) is 2. The van der Waals surface area contributed by atoms with E-state index in [1.54, 1.807) is 0 Å². The molecule has 2 nitrogen and oxygen atoms in total. The van der Waals surface area contributed by atoms with Gasteiger partial charge in [-0.05, 0) is 44.9 Å². The van der Waals surface area contributed by atoms with E-state index in [1.807, 2.05) is 0 Å². The minimum absolute atomic E-state index is 0.130. The molecular formula is C10H22N2. The Morgan fingerprint density at radius 3 is 2.25 bits per heavy atom. The van der Waals surface area contributed by atoms with Crippen LogP contribution in [-0.2, 0) is 0 Å². The van der Waals surface area contributed by atoms with Crippen molar-refractivity contribution in [3.05, 3.63) is 0 Å². The van der Waals surface area contributed by atoms with Crippen LogP contribution < -0.4 is 11.5 Å². The van der Waals surface area contributed by atoms with Gasteiger partial charge < -0.3 is 11.5 Å². The third-order valence-electron chi connectivity index (χ3n) is 3.47. The molecule has 0 aromatic heterocycles. The number of hydrogen-bond acceptors (Lipinski definition) is 2. The minimum atomic E-state index is 0.130. The van der Waals surface area contributed by atoms with Crippen molar-refractivity contribution in [1.29, 1.82) is 0 Å². The highest BCUT2D eigenvalue weighted by atomic mass is 14.7. The summed E-state index contributed by atoms with van der Waals surface area (Å²) in [7, 11) is 0. The molecule has 2 heteroatoms. The molecule has 0 aromatic carbocycles. The highest BCUT2D eigenvalue weighted by Crippen LogP contribution is 2.33. The highest BCUT2D eigenvalue weighted by molar-refractivity contribution is 4.90. The first-order chi connectivity index (χ1) is 5.57. The SMILES string of the molecule is CCC1(N)CCC(C(C)N)CC1. The van der Waals surface area contributed by atoms with Crippen molar-refractivity contribution in [2.45, 2.75) is 57.5 Å². The predicted octanol–water partition coefficient (Wildman–Crippen LogP) is 1.63. The second kappa shape index (κ2) is 3.75. The van der Waals surface area contributed by atoms with Gasteiger partial charge in [0, 0.05) is 11.6 Å². The van der Waals surface area contributed by atoms with Crippen LogP contribution >= 0.6 is 0 Å². The lowest BCUT2D eigenvalue weighted by Gasteiger charge is -2.37. The zero-order valence-corrected chi connectivity index (χ0v) is 8.34. The van der Waals surface area contributed by atoms with Crippen LogP contribution in [0, 0.1) is 5.92 Å². The van der Waals surface area contributed by atoms with E-state index in [0.717, 1.165) is 19.3 Å². The molecule has 12 heavy (non-hydrogen) atoms. The van der Waals surface area contributed by atoms with Crippen molar-refractivity contribution in [2.75, 3.05) is 0 Å². The topological polar surface area (TPSA) is 52.0 Å². The van der Waals surface area contributed by atoms with Crippen molar-refractivity contribution in [2.24, 2.45) is 17.4 Å². The zero-order valence-electron chi connectivity index (χ0n) is 8.34. The lowest BCUT2D eigenvalue weighted by atomic mass is 9.74. The molecule has 1 aliphatic rings. The van der Waals surface area contributed by atoms with Crippen molar-refractivity contribution in [3.63, 3.8) is 0 Å². The van der Waals surface area contributed by atoms with E-state index in [1.165, 1.54) is 12.8 Å². The third kappa shape index (κ3) is 2.20. The van der Waals surface area contributed by atoms with Crippen LogP contribution in [-0.4, -0.2) is 11.6 Å². The lowest BCUT2D eigenvalue weighted by molar-refractivity contribution is 0.210. The van der Waals surface area contributed by atoms with Crippen LogP contribution in [0.15, 0.2) is 0 Å². The Labute approximate surface area is 75.7 Å². The van der Waals surface area contributed by atoms with E-state index < -0.39 is 0 Å². The molecule has 1 atom stereocenters. The molecular weight excluding hydrogens is 148 g/mol. The largest absolute Gasteiger partial charge is 0.328 e. The first kappa shape index (κ1) is 10.0. The molecule has 1 fully saturated rings. The summed E-state index contributed by atoms with van der Waals surface area (Å²) in [6.45, 7) is 4.30. The standard InChI is InChI=1S/C10H22N2/c1-3-10(12)6-4-9(5-7-10)8(2)11/h8-9H,3-7,11-12H2,1-2H3. The zero-order chi connectivity index (χ0) is 9.19. The monoisotopic (exact) mass is 170 g/mol. The van der Waals surface area contributed by atoms with E-state index >= 15 is 0 Å². The Balaban J connectivity index is 2.39. The minimum Gasteiger partial charge on any atom is -0.328 e. The maximum atomic E-state index is 6.18. The van der Waals surface area contributed by atoms with E-state index in [2.05, 4.69) is 13.8 Å². The second-order valence-electron chi connectivity index (χ2n) is 4.41. The van der Waals surface area contributed by atoms with Gasteiger partial charge in [0.25, 0.3) is 0 Å². The molecule has 1 saturated carbocycles. The lowest BCUT2D eigenvalue weighted by Crippen LogP contribution is -2.45. The Hall–Kier alpha value is -0.0800. The first-order valence-corrected chi connectivity index (χ1v) is 5.12. The van der Waals surface area contributed by atoms with Crippen LogP contribution in [0.25, 0.3) is 0 Å². The molecule has 0 heterocycles. The Bertz CT molecular complexity index is 135. The Morgan fingerprint density at radius 1 is 1.42 bits per heavy atom. The van der Waals surface area contributed by atoms with E-state index in [9.17, 15) is 0 Å². The second-order valence-corrected chi connectivity index (χ2v) is 4.41. The summed E-state index contributed by atoms with van der Waals surface area (Å²) in [4.78, 5) is 0. The molecule has 0 radical (unpaired) electrons. The van der Waals surface area contributed by atoms with Gasteiger partial charge in [0.2, 0.25) is 0 Å². The molecule has 1 rings (SSSR count). The molecule has 0 spiro atoms.